The van der Waals surface area contributed by atoms with Crippen LogP contribution < -0.4 is 0 Å². The van der Waals surface area contributed by atoms with Crippen LogP contribution in [0.4, 0.5) is 0 Å². The Kier molecular flexibility index (Phi) is 8.47. The lowest BCUT2D eigenvalue weighted by Gasteiger charge is -2.59. The van der Waals surface area contributed by atoms with Gasteiger partial charge in [0.2, 0.25) is 0 Å². The van der Waals surface area contributed by atoms with Crippen LogP contribution in [0.15, 0.2) is 0 Å². The van der Waals surface area contributed by atoms with Crippen molar-refractivity contribution in [3.8, 4) is 0 Å². The molecule has 0 amide bonds. The van der Waals surface area contributed by atoms with Crippen LogP contribution in [0.2, 0.25) is 0 Å². The van der Waals surface area contributed by atoms with E-state index in [1.54, 1.807) is 0 Å². The number of ether oxygens (including phenoxy) is 4. The zero-order valence-electron chi connectivity index (χ0n) is 26.7. The highest BCUT2D eigenvalue weighted by atomic mass is 16.8. The summed E-state index contributed by atoms with van der Waals surface area (Å²) < 4.78 is 27.8. The first-order valence-electron chi connectivity index (χ1n) is 17.6. The summed E-state index contributed by atoms with van der Waals surface area (Å²) in [5, 5.41) is 23.4. The molecule has 4 aliphatic heterocycles. The minimum Gasteiger partial charge on any atom is -0.365 e. The van der Waals surface area contributed by atoms with Gasteiger partial charge in [0.25, 0.3) is 0 Å². The topological polar surface area (TPSA) is 77.4 Å². The van der Waals surface area contributed by atoms with Gasteiger partial charge in [-0.3, -0.25) is 0 Å². The average molecular weight is 577 g/mol. The first-order chi connectivity index (χ1) is 19.4. The zero-order chi connectivity index (χ0) is 29.0. The average Bonchev–Trinajstić information content (AvgIpc) is 3.11. The van der Waals surface area contributed by atoms with E-state index < -0.39 is 23.1 Å². The van der Waals surface area contributed by atoms with E-state index in [2.05, 4.69) is 27.7 Å². The molecule has 0 spiro atoms. The molecule has 41 heavy (non-hydrogen) atoms. The molecule has 4 heterocycles. The maximum absolute atomic E-state index is 11.7. The fourth-order valence-electron chi connectivity index (χ4n) is 9.77. The van der Waals surface area contributed by atoms with E-state index in [0.717, 1.165) is 109 Å². The number of rotatable bonds is 6. The fourth-order valence-corrected chi connectivity index (χ4v) is 9.77. The largest absolute Gasteiger partial charge is 0.365 e. The Hall–Kier alpha value is -0.240. The predicted octanol–water partition coefficient (Wildman–Crippen LogP) is 8.12. The lowest BCUT2D eigenvalue weighted by Crippen LogP contribution is -2.62. The Balaban J connectivity index is 1.17. The van der Waals surface area contributed by atoms with Gasteiger partial charge in [-0.1, -0.05) is 27.7 Å². The summed E-state index contributed by atoms with van der Waals surface area (Å²) in [6.07, 6.45) is 19.5. The van der Waals surface area contributed by atoms with Crippen LogP contribution in [0.25, 0.3) is 0 Å². The lowest BCUT2D eigenvalue weighted by molar-refractivity contribution is -0.424. The Morgan fingerprint density at radius 1 is 0.488 bits per heavy atom. The van der Waals surface area contributed by atoms with Gasteiger partial charge in [0.05, 0.1) is 11.2 Å². The van der Waals surface area contributed by atoms with Gasteiger partial charge in [-0.15, -0.1) is 0 Å². The van der Waals surface area contributed by atoms with Crippen molar-refractivity contribution in [2.75, 3.05) is 0 Å². The van der Waals surface area contributed by atoms with Crippen LogP contribution in [-0.2, 0) is 18.9 Å². The highest BCUT2D eigenvalue weighted by molar-refractivity contribution is 5.04. The second-order valence-electron chi connectivity index (χ2n) is 16.1. The van der Waals surface area contributed by atoms with Crippen molar-refractivity contribution >= 4 is 0 Å². The molecule has 4 saturated heterocycles. The third-order valence-electron chi connectivity index (χ3n) is 12.9. The van der Waals surface area contributed by atoms with Crippen LogP contribution in [0.3, 0.4) is 0 Å². The molecule has 0 aromatic heterocycles. The maximum Gasteiger partial charge on any atom is 0.172 e. The van der Waals surface area contributed by atoms with Gasteiger partial charge in [0.1, 0.15) is 0 Å². The molecule has 2 saturated carbocycles. The molecule has 4 atom stereocenters. The quantitative estimate of drug-likeness (QED) is 0.246. The zero-order valence-corrected chi connectivity index (χ0v) is 26.7. The van der Waals surface area contributed by atoms with E-state index in [-0.39, 0.29) is 11.2 Å². The first kappa shape index (κ1) is 30.8. The van der Waals surface area contributed by atoms with Crippen LogP contribution in [-0.4, -0.2) is 44.6 Å². The van der Waals surface area contributed by atoms with Gasteiger partial charge in [-0.05, 0) is 101 Å². The summed E-state index contributed by atoms with van der Waals surface area (Å²) in [5.41, 5.74) is -0.550. The molecular weight excluding hydrogens is 516 g/mol. The molecule has 6 heteroatoms. The molecule has 6 nitrogen and oxygen atoms in total. The summed E-state index contributed by atoms with van der Waals surface area (Å²) >= 11 is 0. The number of fused-ring (bicyclic) bond motifs is 4. The summed E-state index contributed by atoms with van der Waals surface area (Å²) in [6, 6.07) is 0. The van der Waals surface area contributed by atoms with E-state index in [9.17, 15) is 10.2 Å². The summed E-state index contributed by atoms with van der Waals surface area (Å²) in [7, 11) is 0. The van der Waals surface area contributed by atoms with E-state index >= 15 is 0 Å². The van der Waals surface area contributed by atoms with Gasteiger partial charge in [0.15, 0.2) is 23.1 Å². The molecule has 4 unspecified atom stereocenters. The van der Waals surface area contributed by atoms with Crippen LogP contribution in [0, 0.1) is 23.7 Å². The van der Waals surface area contributed by atoms with Crippen LogP contribution >= 0.6 is 0 Å². The highest BCUT2D eigenvalue weighted by Gasteiger charge is 2.59. The normalized spacial score (nSPS) is 52.8. The Morgan fingerprint density at radius 3 is 1.07 bits per heavy atom. The van der Waals surface area contributed by atoms with Gasteiger partial charge in [0, 0.05) is 57.8 Å². The fraction of sp³-hybridized carbons (Fsp3) is 1.00. The van der Waals surface area contributed by atoms with Gasteiger partial charge >= 0.3 is 0 Å². The molecule has 0 radical (unpaired) electrons. The SMILES string of the molecule is CC1CCC(O)(OC23CCCC(CC45CCCC(OC6(O)CCC(C)C(C)CC6)(CCC4)O5)(CCC2)O3)CCC1C. The summed E-state index contributed by atoms with van der Waals surface area (Å²) in [6.45, 7) is 9.24. The first-order valence-corrected chi connectivity index (χ1v) is 17.6. The Morgan fingerprint density at radius 2 is 0.780 bits per heavy atom. The van der Waals surface area contributed by atoms with Crippen molar-refractivity contribution in [3.63, 3.8) is 0 Å². The maximum atomic E-state index is 11.7. The van der Waals surface area contributed by atoms with E-state index in [1.807, 2.05) is 0 Å². The Bertz CT molecular complexity index is 800. The molecule has 236 valence electrons. The van der Waals surface area contributed by atoms with Gasteiger partial charge < -0.3 is 29.2 Å². The summed E-state index contributed by atoms with van der Waals surface area (Å²) in [4.78, 5) is 0. The molecule has 2 aliphatic carbocycles. The summed E-state index contributed by atoms with van der Waals surface area (Å²) in [5.74, 6) is -1.09. The van der Waals surface area contributed by atoms with Crippen LogP contribution in [0.5, 0.6) is 0 Å². The van der Waals surface area contributed by atoms with Crippen molar-refractivity contribution in [1.82, 2.24) is 0 Å². The molecule has 6 aliphatic rings. The second kappa shape index (κ2) is 11.3. The van der Waals surface area contributed by atoms with E-state index in [4.69, 9.17) is 18.9 Å². The van der Waals surface area contributed by atoms with Crippen molar-refractivity contribution in [3.05, 3.63) is 0 Å². The van der Waals surface area contributed by atoms with Crippen molar-refractivity contribution in [1.29, 1.82) is 0 Å². The number of hydrogen-bond donors (Lipinski definition) is 2. The standard InChI is InChI=1S/C35H60O6/c1-26-9-21-32(36,22-10-27(26)2)40-34-17-5-13-30(38-34,14-6-18-34)25-31-15-7-19-35(39-31,20-8-16-31)41-33(37)23-11-28(3)29(4)12-24-33/h26-29,36-37H,5-25H2,1-4H3. The van der Waals surface area contributed by atoms with E-state index in [0.29, 0.717) is 49.4 Å². The molecule has 4 bridgehead atoms. The van der Waals surface area contributed by atoms with Gasteiger partial charge in [-0.2, -0.15) is 0 Å². The van der Waals surface area contributed by atoms with Crippen LogP contribution in [0.1, 0.15) is 163 Å². The molecule has 6 rings (SSSR count). The molecule has 0 aromatic rings. The molecule has 6 fully saturated rings. The molecular formula is C35H60O6. The second-order valence-corrected chi connectivity index (χ2v) is 16.1. The van der Waals surface area contributed by atoms with Crippen molar-refractivity contribution in [2.45, 2.75) is 197 Å². The lowest BCUT2D eigenvalue weighted by atomic mass is 9.69. The number of hydrogen-bond acceptors (Lipinski definition) is 6. The third-order valence-corrected chi connectivity index (χ3v) is 12.9. The molecule has 0 aromatic carbocycles. The van der Waals surface area contributed by atoms with Crippen molar-refractivity contribution in [2.24, 2.45) is 23.7 Å². The Labute approximate surface area is 249 Å². The minimum atomic E-state index is -1.09. The number of aliphatic hydroxyl groups is 2. The smallest absolute Gasteiger partial charge is 0.172 e. The minimum absolute atomic E-state index is 0.275. The van der Waals surface area contributed by atoms with E-state index in [1.165, 1.54) is 0 Å². The monoisotopic (exact) mass is 576 g/mol. The highest BCUT2D eigenvalue weighted by Crippen LogP contribution is 2.57. The van der Waals surface area contributed by atoms with Gasteiger partial charge in [-0.25, -0.2) is 0 Å². The predicted molar refractivity (Wildman–Crippen MR) is 159 cm³/mol. The van der Waals surface area contributed by atoms with Crippen molar-refractivity contribution < 1.29 is 29.2 Å². The molecule has 2 N–H and O–H groups in total. The third kappa shape index (κ3) is 6.45.